The minimum atomic E-state index is -0.490. The Balaban J connectivity index is 1.62. The van der Waals surface area contributed by atoms with Crippen molar-refractivity contribution in [1.82, 2.24) is 5.32 Å². The molecule has 5 heteroatoms. The third kappa shape index (κ3) is 3.40. The molecule has 1 heterocycles. The van der Waals surface area contributed by atoms with Gasteiger partial charge in [0.15, 0.2) is 0 Å². The summed E-state index contributed by atoms with van der Waals surface area (Å²) < 4.78 is 0. The smallest absolute Gasteiger partial charge is 0.319 e. The van der Waals surface area contributed by atoms with E-state index in [0.717, 1.165) is 22.5 Å². The summed E-state index contributed by atoms with van der Waals surface area (Å²) in [6, 6.07) is 14.5. The molecule has 1 saturated heterocycles. The summed E-state index contributed by atoms with van der Waals surface area (Å²) in [4.78, 5) is 26.4. The van der Waals surface area contributed by atoms with Crippen LogP contribution in [-0.4, -0.2) is 24.5 Å². The number of nitrogens with zero attached hydrogens (tertiary/aromatic N) is 1. The van der Waals surface area contributed by atoms with Crippen LogP contribution in [0.1, 0.15) is 17.5 Å². The second kappa shape index (κ2) is 6.74. The number of hydrogen-bond donors (Lipinski definition) is 2. The molecule has 0 unspecified atom stereocenters. The molecule has 2 N–H and O–H groups in total. The lowest BCUT2D eigenvalue weighted by Crippen LogP contribution is -2.43. The molecule has 1 aliphatic heterocycles. The Morgan fingerprint density at radius 2 is 1.79 bits per heavy atom. The van der Waals surface area contributed by atoms with E-state index >= 15 is 0 Å². The number of rotatable bonds is 3. The third-order valence-electron chi connectivity index (χ3n) is 4.25. The number of aryl methyl sites for hydroxylation is 2. The average Bonchev–Trinajstić information content (AvgIpc) is 2.91. The first kappa shape index (κ1) is 16.1. The van der Waals surface area contributed by atoms with Crippen LogP contribution in [0.3, 0.4) is 0 Å². The van der Waals surface area contributed by atoms with Crippen molar-refractivity contribution in [3.8, 4) is 0 Å². The average molecular weight is 323 g/mol. The molecule has 0 spiro atoms. The first-order valence-corrected chi connectivity index (χ1v) is 8.06. The number of hydrogen-bond acceptors (Lipinski definition) is 2. The number of nitrogens with one attached hydrogen (secondary N) is 2. The second-order valence-corrected chi connectivity index (χ2v) is 6.08. The maximum atomic E-state index is 12.5. The van der Waals surface area contributed by atoms with Crippen LogP contribution in [0.2, 0.25) is 0 Å². The fourth-order valence-electron chi connectivity index (χ4n) is 2.82. The lowest BCUT2D eigenvalue weighted by atomic mass is 10.2. The van der Waals surface area contributed by atoms with Crippen LogP contribution >= 0.6 is 0 Å². The molecule has 1 fully saturated rings. The topological polar surface area (TPSA) is 61.4 Å². The Kier molecular flexibility index (Phi) is 4.51. The largest absolute Gasteiger partial charge is 0.326 e. The number of carbonyl (C=O) groups is 2. The summed E-state index contributed by atoms with van der Waals surface area (Å²) in [5, 5.41) is 5.57. The van der Waals surface area contributed by atoms with Gasteiger partial charge in [-0.15, -0.1) is 0 Å². The van der Waals surface area contributed by atoms with E-state index in [0.29, 0.717) is 13.0 Å². The Morgan fingerprint density at radius 3 is 2.50 bits per heavy atom. The Hall–Kier alpha value is -2.82. The first-order valence-electron chi connectivity index (χ1n) is 8.06. The number of amides is 3. The van der Waals surface area contributed by atoms with Crippen molar-refractivity contribution in [2.75, 3.05) is 16.8 Å². The van der Waals surface area contributed by atoms with E-state index in [1.54, 1.807) is 4.90 Å². The van der Waals surface area contributed by atoms with Gasteiger partial charge in [-0.2, -0.15) is 0 Å². The van der Waals surface area contributed by atoms with Gasteiger partial charge in [-0.25, -0.2) is 4.79 Å². The molecule has 0 bridgehead atoms. The van der Waals surface area contributed by atoms with Gasteiger partial charge >= 0.3 is 6.03 Å². The van der Waals surface area contributed by atoms with Gasteiger partial charge in [-0.1, -0.05) is 35.9 Å². The van der Waals surface area contributed by atoms with Crippen molar-refractivity contribution in [3.63, 3.8) is 0 Å². The van der Waals surface area contributed by atoms with Gasteiger partial charge in [0.25, 0.3) is 0 Å². The first-order chi connectivity index (χ1) is 11.5. The lowest BCUT2D eigenvalue weighted by Gasteiger charge is -2.18. The van der Waals surface area contributed by atoms with Crippen LogP contribution in [0.4, 0.5) is 16.2 Å². The number of urea groups is 1. The summed E-state index contributed by atoms with van der Waals surface area (Å²) in [5.41, 5.74) is 3.74. The van der Waals surface area contributed by atoms with Crippen LogP contribution in [0.15, 0.2) is 48.5 Å². The third-order valence-corrected chi connectivity index (χ3v) is 4.25. The number of para-hydroxylation sites is 1. The van der Waals surface area contributed by atoms with E-state index in [9.17, 15) is 9.59 Å². The van der Waals surface area contributed by atoms with Crippen molar-refractivity contribution in [2.24, 2.45) is 0 Å². The zero-order valence-corrected chi connectivity index (χ0v) is 13.9. The highest BCUT2D eigenvalue weighted by Crippen LogP contribution is 2.22. The molecule has 3 amide bonds. The fraction of sp³-hybridized carbons (Fsp3) is 0.263. The van der Waals surface area contributed by atoms with Gasteiger partial charge in [0.2, 0.25) is 5.91 Å². The molecule has 2 aromatic carbocycles. The van der Waals surface area contributed by atoms with Gasteiger partial charge in [0, 0.05) is 17.9 Å². The van der Waals surface area contributed by atoms with Gasteiger partial charge in [0.1, 0.15) is 6.04 Å². The van der Waals surface area contributed by atoms with Crippen molar-refractivity contribution < 1.29 is 9.59 Å². The molecule has 2 aromatic rings. The highest BCUT2D eigenvalue weighted by molar-refractivity contribution is 6.02. The summed E-state index contributed by atoms with van der Waals surface area (Å²) >= 11 is 0. The van der Waals surface area contributed by atoms with Gasteiger partial charge in [-0.3, -0.25) is 4.79 Å². The van der Waals surface area contributed by atoms with Crippen molar-refractivity contribution in [3.05, 3.63) is 59.7 Å². The molecule has 1 aliphatic rings. The molecule has 5 nitrogen and oxygen atoms in total. The van der Waals surface area contributed by atoms with E-state index in [-0.39, 0.29) is 11.9 Å². The van der Waals surface area contributed by atoms with E-state index in [4.69, 9.17) is 0 Å². The molecule has 0 saturated carbocycles. The van der Waals surface area contributed by atoms with E-state index in [2.05, 4.69) is 10.6 Å². The minimum Gasteiger partial charge on any atom is -0.326 e. The molecule has 0 radical (unpaired) electrons. The maximum Gasteiger partial charge on any atom is 0.319 e. The van der Waals surface area contributed by atoms with Crippen LogP contribution in [0.5, 0.6) is 0 Å². The molecule has 0 aliphatic carbocycles. The molecule has 1 atom stereocenters. The van der Waals surface area contributed by atoms with Crippen LogP contribution in [0.25, 0.3) is 0 Å². The Labute approximate surface area is 141 Å². The van der Waals surface area contributed by atoms with Gasteiger partial charge in [0.05, 0.1) is 0 Å². The van der Waals surface area contributed by atoms with Crippen molar-refractivity contribution in [2.45, 2.75) is 26.3 Å². The normalized spacial score (nSPS) is 17.0. The van der Waals surface area contributed by atoms with E-state index in [1.807, 2.05) is 62.4 Å². The summed E-state index contributed by atoms with van der Waals surface area (Å²) in [5.74, 6) is -0.0706. The quantitative estimate of drug-likeness (QED) is 0.911. The zero-order chi connectivity index (χ0) is 17.1. The fourth-order valence-corrected chi connectivity index (χ4v) is 2.82. The molecule has 124 valence electrons. The molecule has 0 aromatic heterocycles. The number of carbonyl (C=O) groups excluding carboxylic acids is 2. The standard InChI is InChI=1S/C19H21N3O2/c1-13-7-9-15(10-8-13)22-12-11-17(18(22)23)21-19(24)20-16-6-4-3-5-14(16)2/h3-10,17H,11-12H2,1-2H3,(H2,20,21,24)/t17-/m1/s1. The summed E-state index contributed by atoms with van der Waals surface area (Å²) in [6.07, 6.45) is 0.605. The van der Waals surface area contributed by atoms with Crippen molar-refractivity contribution in [1.29, 1.82) is 0 Å². The second-order valence-electron chi connectivity index (χ2n) is 6.08. The van der Waals surface area contributed by atoms with Crippen molar-refractivity contribution >= 4 is 23.3 Å². The number of anilines is 2. The van der Waals surface area contributed by atoms with E-state index < -0.39 is 6.04 Å². The minimum absolute atomic E-state index is 0.0706. The highest BCUT2D eigenvalue weighted by Gasteiger charge is 2.33. The molecule has 24 heavy (non-hydrogen) atoms. The zero-order valence-electron chi connectivity index (χ0n) is 13.9. The Morgan fingerprint density at radius 1 is 1.08 bits per heavy atom. The van der Waals surface area contributed by atoms with Gasteiger partial charge in [-0.05, 0) is 44.0 Å². The summed E-state index contributed by atoms with van der Waals surface area (Å²) in [6.45, 7) is 4.54. The highest BCUT2D eigenvalue weighted by atomic mass is 16.2. The monoisotopic (exact) mass is 323 g/mol. The Bertz CT molecular complexity index is 755. The predicted octanol–water partition coefficient (Wildman–Crippen LogP) is 3.23. The number of benzene rings is 2. The SMILES string of the molecule is Cc1ccc(N2CC[C@@H](NC(=O)Nc3ccccc3C)C2=O)cc1. The maximum absolute atomic E-state index is 12.5. The van der Waals surface area contributed by atoms with E-state index in [1.165, 1.54) is 0 Å². The summed E-state index contributed by atoms with van der Waals surface area (Å²) in [7, 11) is 0. The lowest BCUT2D eigenvalue weighted by molar-refractivity contribution is -0.118. The molecular formula is C19H21N3O2. The predicted molar refractivity (Wildman–Crippen MR) is 95.3 cm³/mol. The molecular weight excluding hydrogens is 302 g/mol. The van der Waals surface area contributed by atoms with Gasteiger partial charge < -0.3 is 15.5 Å². The van der Waals surface area contributed by atoms with Crippen LogP contribution in [-0.2, 0) is 4.79 Å². The van der Waals surface area contributed by atoms with Crippen LogP contribution in [0, 0.1) is 13.8 Å². The van der Waals surface area contributed by atoms with Crippen LogP contribution < -0.4 is 15.5 Å². The molecule has 3 rings (SSSR count).